The van der Waals surface area contributed by atoms with Gasteiger partial charge in [0.2, 0.25) is 11.8 Å². The van der Waals surface area contributed by atoms with E-state index in [0.29, 0.717) is 12.8 Å². The van der Waals surface area contributed by atoms with E-state index in [-0.39, 0.29) is 41.4 Å². The number of hydrogen-bond donors (Lipinski definition) is 3. The summed E-state index contributed by atoms with van der Waals surface area (Å²) in [6, 6.07) is 2.18. The summed E-state index contributed by atoms with van der Waals surface area (Å²) in [5, 5.41) is 15.4. The maximum absolute atomic E-state index is 13.3. The molecule has 188 valence electrons. The van der Waals surface area contributed by atoms with Crippen LogP contribution in [-0.2, 0) is 15.8 Å². The monoisotopic (exact) mass is 491 g/mol. The summed E-state index contributed by atoms with van der Waals surface area (Å²) in [6.07, 6.45) is 2.09. The van der Waals surface area contributed by atoms with Crippen molar-refractivity contribution in [2.75, 3.05) is 6.54 Å². The lowest BCUT2D eigenvalue weighted by Crippen LogP contribution is -2.49. The molecule has 2 saturated heterocycles. The van der Waals surface area contributed by atoms with Crippen LogP contribution in [0.3, 0.4) is 0 Å². The fourth-order valence-corrected chi connectivity index (χ4v) is 6.18. The van der Waals surface area contributed by atoms with E-state index >= 15 is 0 Å². The molecule has 3 atom stereocenters. The van der Waals surface area contributed by atoms with Gasteiger partial charge in [0.15, 0.2) is 0 Å². The third kappa shape index (κ3) is 4.50. The Kier molecular flexibility index (Phi) is 5.61. The summed E-state index contributed by atoms with van der Waals surface area (Å²) in [5.41, 5.74) is -1.63. The summed E-state index contributed by atoms with van der Waals surface area (Å²) in [6.45, 7) is 0.287. The Hall–Kier alpha value is -3.03. The standard InChI is InChI=1S/C24H28F3N5O3/c25-24(26,27)18-4-3-16(30-18)21(35)32-13-22(5-1-2-6-22)11-17(32)20(34)29-15(12-28)9-14-10-23(7-8-23)31-19(14)33/h3-4,14-15,17,30H,1-2,5-11,13H2,(H,29,34)(H,31,33). The number of nitrogens with zero attached hydrogens (tertiary/aromatic N) is 2. The molecule has 2 aliphatic carbocycles. The first-order valence-corrected chi connectivity index (χ1v) is 12.1. The number of hydrogen-bond acceptors (Lipinski definition) is 4. The van der Waals surface area contributed by atoms with Gasteiger partial charge in [-0.05, 0) is 62.5 Å². The van der Waals surface area contributed by atoms with Gasteiger partial charge in [-0.2, -0.15) is 18.4 Å². The first-order valence-electron chi connectivity index (χ1n) is 12.1. The highest BCUT2D eigenvalue weighted by molar-refractivity contribution is 5.97. The first-order chi connectivity index (χ1) is 16.5. The molecular weight excluding hydrogens is 463 g/mol. The number of likely N-dealkylation sites (tertiary alicyclic amines) is 1. The molecule has 0 radical (unpaired) electrons. The van der Waals surface area contributed by atoms with Gasteiger partial charge in [-0.25, -0.2) is 0 Å². The molecule has 8 nitrogen and oxygen atoms in total. The molecule has 0 aromatic carbocycles. The Morgan fingerprint density at radius 3 is 2.49 bits per heavy atom. The SMILES string of the molecule is N#CC(CC1CC2(CC2)NC1=O)NC(=O)C1CC2(CCCC2)CN1C(=O)c1ccc(C(F)(F)F)[nH]1. The van der Waals surface area contributed by atoms with Crippen molar-refractivity contribution in [3.63, 3.8) is 0 Å². The zero-order valence-corrected chi connectivity index (χ0v) is 19.2. The van der Waals surface area contributed by atoms with E-state index in [0.717, 1.165) is 50.7 Å². The van der Waals surface area contributed by atoms with E-state index in [4.69, 9.17) is 0 Å². The highest BCUT2D eigenvalue weighted by Crippen LogP contribution is 2.48. The molecule has 3 N–H and O–H groups in total. The van der Waals surface area contributed by atoms with Crippen molar-refractivity contribution < 1.29 is 27.6 Å². The Balaban J connectivity index is 1.31. The molecule has 5 rings (SSSR count). The summed E-state index contributed by atoms with van der Waals surface area (Å²) in [7, 11) is 0. The van der Waals surface area contributed by atoms with Crippen LogP contribution in [0.1, 0.15) is 74.0 Å². The minimum atomic E-state index is -4.61. The third-order valence-corrected chi connectivity index (χ3v) is 8.20. The number of aromatic amines is 1. The van der Waals surface area contributed by atoms with E-state index in [1.54, 1.807) is 0 Å². The molecule has 2 saturated carbocycles. The van der Waals surface area contributed by atoms with E-state index in [1.165, 1.54) is 4.90 Å². The average molecular weight is 492 g/mol. The molecule has 35 heavy (non-hydrogen) atoms. The Morgan fingerprint density at radius 1 is 1.20 bits per heavy atom. The van der Waals surface area contributed by atoms with Gasteiger partial charge in [0, 0.05) is 18.0 Å². The molecule has 3 heterocycles. The molecule has 3 amide bonds. The predicted molar refractivity (Wildman–Crippen MR) is 117 cm³/mol. The quantitative estimate of drug-likeness (QED) is 0.587. The Morgan fingerprint density at radius 2 is 1.91 bits per heavy atom. The molecule has 4 fully saturated rings. The van der Waals surface area contributed by atoms with Gasteiger partial charge in [-0.3, -0.25) is 14.4 Å². The first kappa shape index (κ1) is 23.7. The van der Waals surface area contributed by atoms with Crippen molar-refractivity contribution in [3.05, 3.63) is 23.5 Å². The maximum atomic E-state index is 13.3. The lowest BCUT2D eigenvalue weighted by molar-refractivity contribution is -0.140. The molecule has 2 spiro atoms. The second-order valence-corrected chi connectivity index (χ2v) is 10.7. The van der Waals surface area contributed by atoms with E-state index in [2.05, 4.69) is 21.7 Å². The molecule has 2 aliphatic heterocycles. The zero-order valence-electron chi connectivity index (χ0n) is 19.2. The number of carbonyl (C=O) groups is 3. The lowest BCUT2D eigenvalue weighted by atomic mass is 9.84. The van der Waals surface area contributed by atoms with Crippen molar-refractivity contribution in [1.29, 1.82) is 5.26 Å². The van der Waals surface area contributed by atoms with E-state index in [9.17, 15) is 32.8 Å². The molecule has 1 aromatic heterocycles. The third-order valence-electron chi connectivity index (χ3n) is 8.20. The molecule has 0 bridgehead atoms. The molecule has 11 heteroatoms. The minimum absolute atomic E-state index is 0.105. The molecule has 1 aromatic rings. The maximum Gasteiger partial charge on any atom is 0.431 e. The van der Waals surface area contributed by atoms with Crippen LogP contribution in [0.25, 0.3) is 0 Å². The summed E-state index contributed by atoms with van der Waals surface area (Å²) in [5.74, 6) is -1.63. The van der Waals surface area contributed by atoms with Gasteiger partial charge in [-0.15, -0.1) is 0 Å². The normalized spacial score (nSPS) is 27.1. The predicted octanol–water partition coefficient (Wildman–Crippen LogP) is 2.88. The number of H-pyrrole nitrogens is 1. The summed E-state index contributed by atoms with van der Waals surface area (Å²) < 4.78 is 39.1. The highest BCUT2D eigenvalue weighted by Gasteiger charge is 2.53. The number of nitrogens with one attached hydrogen (secondary N) is 3. The lowest BCUT2D eigenvalue weighted by Gasteiger charge is -2.25. The number of alkyl halides is 3. The highest BCUT2D eigenvalue weighted by atomic mass is 19.4. The second kappa shape index (κ2) is 8.28. The summed E-state index contributed by atoms with van der Waals surface area (Å²) >= 11 is 0. The number of nitriles is 1. The van der Waals surface area contributed by atoms with Crippen LogP contribution in [0.4, 0.5) is 13.2 Å². The fraction of sp³-hybridized carbons (Fsp3) is 0.667. The fourth-order valence-electron chi connectivity index (χ4n) is 6.18. The minimum Gasteiger partial charge on any atom is -0.350 e. The number of aromatic nitrogens is 1. The average Bonchev–Trinajstić information content (AvgIpc) is 3.27. The van der Waals surface area contributed by atoms with Gasteiger partial charge in [0.05, 0.1) is 6.07 Å². The number of amides is 3. The Bertz CT molecular complexity index is 1080. The zero-order chi connectivity index (χ0) is 25.0. The smallest absolute Gasteiger partial charge is 0.350 e. The largest absolute Gasteiger partial charge is 0.431 e. The van der Waals surface area contributed by atoms with Crippen LogP contribution in [0.15, 0.2) is 12.1 Å². The van der Waals surface area contributed by atoms with Gasteiger partial charge in [-0.1, -0.05) is 12.8 Å². The van der Waals surface area contributed by atoms with Crippen LogP contribution in [0, 0.1) is 22.7 Å². The molecular formula is C24H28F3N5O3. The van der Waals surface area contributed by atoms with Crippen molar-refractivity contribution >= 4 is 17.7 Å². The van der Waals surface area contributed by atoms with Gasteiger partial charge in [0.1, 0.15) is 23.5 Å². The van der Waals surface area contributed by atoms with Gasteiger partial charge in [0.25, 0.3) is 5.91 Å². The Labute approximate surface area is 200 Å². The number of carbonyl (C=O) groups excluding carboxylic acids is 3. The molecule has 4 aliphatic rings. The second-order valence-electron chi connectivity index (χ2n) is 10.7. The van der Waals surface area contributed by atoms with Crippen LogP contribution >= 0.6 is 0 Å². The van der Waals surface area contributed by atoms with Crippen LogP contribution < -0.4 is 10.6 Å². The van der Waals surface area contributed by atoms with Crippen LogP contribution in [-0.4, -0.2) is 51.8 Å². The topological polar surface area (TPSA) is 118 Å². The van der Waals surface area contributed by atoms with E-state index in [1.807, 2.05) is 0 Å². The number of rotatable bonds is 5. The van der Waals surface area contributed by atoms with Crippen LogP contribution in [0.2, 0.25) is 0 Å². The molecule has 3 unspecified atom stereocenters. The van der Waals surface area contributed by atoms with Crippen molar-refractivity contribution in [3.8, 4) is 6.07 Å². The van der Waals surface area contributed by atoms with Crippen molar-refractivity contribution in [2.24, 2.45) is 11.3 Å². The van der Waals surface area contributed by atoms with Crippen molar-refractivity contribution in [2.45, 2.75) is 81.6 Å². The van der Waals surface area contributed by atoms with E-state index < -0.39 is 35.8 Å². The summed E-state index contributed by atoms with van der Waals surface area (Å²) in [4.78, 5) is 42.3. The van der Waals surface area contributed by atoms with Gasteiger partial charge >= 0.3 is 6.18 Å². The number of halogens is 3. The van der Waals surface area contributed by atoms with Crippen molar-refractivity contribution in [1.82, 2.24) is 20.5 Å². The van der Waals surface area contributed by atoms with Crippen LogP contribution in [0.5, 0.6) is 0 Å². The van der Waals surface area contributed by atoms with Gasteiger partial charge < -0.3 is 20.5 Å².